The average molecular weight is 430 g/mol. The molecule has 0 spiro atoms. The van der Waals surface area contributed by atoms with Gasteiger partial charge in [-0.15, -0.1) is 11.6 Å². The number of nitrogens with one attached hydrogen (secondary N) is 3. The van der Waals surface area contributed by atoms with Crippen molar-refractivity contribution < 1.29 is 23.9 Å². The van der Waals surface area contributed by atoms with Crippen LogP contribution >= 0.6 is 11.6 Å². The molecule has 2 rings (SSSR count). The van der Waals surface area contributed by atoms with Crippen LogP contribution in [-0.4, -0.2) is 53.8 Å². The van der Waals surface area contributed by atoms with Crippen molar-refractivity contribution in [2.24, 2.45) is 11.8 Å². The number of hydrogen-bond acceptors (Lipinski definition) is 5. The molecule has 0 bridgehead atoms. The van der Waals surface area contributed by atoms with Gasteiger partial charge in [-0.3, -0.25) is 14.4 Å². The van der Waals surface area contributed by atoms with E-state index in [4.69, 9.17) is 16.3 Å². The zero-order valence-corrected chi connectivity index (χ0v) is 18.1. The highest BCUT2D eigenvalue weighted by Gasteiger charge is 2.35. The van der Waals surface area contributed by atoms with Crippen LogP contribution in [0, 0.1) is 11.8 Å². The highest BCUT2D eigenvalue weighted by molar-refractivity contribution is 6.28. The summed E-state index contributed by atoms with van der Waals surface area (Å²) in [7, 11) is 0. The van der Waals surface area contributed by atoms with Gasteiger partial charge in [-0.05, 0) is 52.4 Å². The standard InChI is InChI=1S/C20H32ClN3O5/c1-20(2,3)29-19(28)24-15(9-12-6-7-12)18(27)23-14(16(25)11-21)10-13-5-4-8-22-17(13)26/h12-15H,4-11H2,1-3H3,(H,22,26)(H,23,27)(H,24,28)/t13-,14-,15-/m0/s1. The maximum absolute atomic E-state index is 12.9. The molecule has 9 heteroatoms. The van der Waals surface area contributed by atoms with E-state index in [0.29, 0.717) is 25.3 Å². The molecular formula is C20H32ClN3O5. The SMILES string of the molecule is CC(C)(C)OC(=O)N[C@@H](CC1CC1)C(=O)N[C@@H](C[C@@H]1CCCNC1=O)C(=O)CCl. The molecule has 0 aromatic heterocycles. The third-order valence-corrected chi connectivity index (χ3v) is 5.29. The van der Waals surface area contributed by atoms with Crippen LogP contribution in [0.2, 0.25) is 0 Å². The summed E-state index contributed by atoms with van der Waals surface area (Å²) in [6.07, 6.45) is 3.51. The van der Waals surface area contributed by atoms with Gasteiger partial charge in [0.2, 0.25) is 11.8 Å². The number of carbonyl (C=O) groups is 4. The van der Waals surface area contributed by atoms with Crippen LogP contribution < -0.4 is 16.0 Å². The van der Waals surface area contributed by atoms with Gasteiger partial charge in [-0.2, -0.15) is 0 Å². The fourth-order valence-corrected chi connectivity index (χ4v) is 3.54. The zero-order valence-electron chi connectivity index (χ0n) is 17.4. The number of carbonyl (C=O) groups excluding carboxylic acids is 4. The molecule has 3 atom stereocenters. The van der Waals surface area contributed by atoms with Gasteiger partial charge in [0.25, 0.3) is 0 Å². The van der Waals surface area contributed by atoms with E-state index in [-0.39, 0.29) is 29.9 Å². The Kier molecular flexibility index (Phi) is 8.31. The van der Waals surface area contributed by atoms with Gasteiger partial charge in [0.15, 0.2) is 5.78 Å². The molecule has 3 amide bonds. The number of Topliss-reactive ketones (excluding diaryl/α,β-unsaturated/α-hetero) is 1. The monoisotopic (exact) mass is 429 g/mol. The summed E-state index contributed by atoms with van der Waals surface area (Å²) in [6, 6.07) is -1.67. The molecule has 1 saturated carbocycles. The van der Waals surface area contributed by atoms with Crippen LogP contribution in [0.1, 0.15) is 59.3 Å². The molecule has 2 aliphatic rings. The van der Waals surface area contributed by atoms with E-state index in [0.717, 1.165) is 19.3 Å². The number of piperidine rings is 1. The Labute approximate surface area is 176 Å². The maximum Gasteiger partial charge on any atom is 0.408 e. The third kappa shape index (κ3) is 8.20. The molecule has 2 fully saturated rings. The van der Waals surface area contributed by atoms with E-state index in [2.05, 4.69) is 16.0 Å². The summed E-state index contributed by atoms with van der Waals surface area (Å²) in [5, 5.41) is 8.12. The van der Waals surface area contributed by atoms with Crippen LogP contribution in [0.4, 0.5) is 4.79 Å². The lowest BCUT2D eigenvalue weighted by Gasteiger charge is -2.28. The van der Waals surface area contributed by atoms with Gasteiger partial charge in [0.1, 0.15) is 11.6 Å². The quantitative estimate of drug-likeness (QED) is 0.484. The Morgan fingerprint density at radius 1 is 1.14 bits per heavy atom. The van der Waals surface area contributed by atoms with Crippen molar-refractivity contribution in [3.63, 3.8) is 0 Å². The second-order valence-corrected chi connectivity index (χ2v) is 9.17. The summed E-state index contributed by atoms with van der Waals surface area (Å²) in [6.45, 7) is 5.85. The molecule has 0 unspecified atom stereocenters. The largest absolute Gasteiger partial charge is 0.444 e. The number of alkyl halides is 1. The predicted molar refractivity (Wildman–Crippen MR) is 109 cm³/mol. The lowest BCUT2D eigenvalue weighted by atomic mass is 9.90. The van der Waals surface area contributed by atoms with Crippen LogP contribution in [-0.2, 0) is 19.1 Å². The Bertz CT molecular complexity index is 630. The van der Waals surface area contributed by atoms with Gasteiger partial charge in [0.05, 0.1) is 11.9 Å². The molecule has 0 aromatic carbocycles. The average Bonchev–Trinajstić information content (AvgIpc) is 3.44. The van der Waals surface area contributed by atoms with Crippen molar-refractivity contribution in [3.05, 3.63) is 0 Å². The molecule has 1 saturated heterocycles. The van der Waals surface area contributed by atoms with Crippen molar-refractivity contribution in [2.45, 2.75) is 77.0 Å². The number of amides is 3. The first kappa shape index (κ1) is 23.4. The number of halogens is 1. The topological polar surface area (TPSA) is 114 Å². The van der Waals surface area contributed by atoms with E-state index < -0.39 is 29.7 Å². The molecule has 3 N–H and O–H groups in total. The maximum atomic E-state index is 12.9. The molecule has 8 nitrogen and oxygen atoms in total. The van der Waals surface area contributed by atoms with Crippen LogP contribution in [0.5, 0.6) is 0 Å². The summed E-state index contributed by atoms with van der Waals surface area (Å²) < 4.78 is 5.26. The van der Waals surface area contributed by atoms with E-state index in [1.54, 1.807) is 20.8 Å². The fraction of sp³-hybridized carbons (Fsp3) is 0.800. The normalized spacial score (nSPS) is 21.5. The number of rotatable bonds is 9. The van der Waals surface area contributed by atoms with E-state index in [9.17, 15) is 19.2 Å². The highest BCUT2D eigenvalue weighted by Crippen LogP contribution is 2.33. The minimum absolute atomic E-state index is 0.112. The van der Waals surface area contributed by atoms with Gasteiger partial charge < -0.3 is 20.7 Å². The summed E-state index contributed by atoms with van der Waals surface area (Å²) in [5.41, 5.74) is -0.684. The molecule has 1 aliphatic carbocycles. The minimum Gasteiger partial charge on any atom is -0.444 e. The predicted octanol–water partition coefficient (Wildman–Crippen LogP) is 1.89. The number of alkyl carbamates (subject to hydrolysis) is 1. The first-order valence-corrected chi connectivity index (χ1v) is 10.8. The molecule has 0 aromatic rings. The van der Waals surface area contributed by atoms with Gasteiger partial charge in [-0.1, -0.05) is 12.8 Å². The fourth-order valence-electron chi connectivity index (χ4n) is 3.35. The van der Waals surface area contributed by atoms with Crippen LogP contribution in [0.25, 0.3) is 0 Å². The van der Waals surface area contributed by atoms with Gasteiger partial charge in [-0.25, -0.2) is 4.79 Å². The lowest BCUT2D eigenvalue weighted by Crippen LogP contribution is -2.53. The number of ketones is 1. The van der Waals surface area contributed by atoms with E-state index in [1.165, 1.54) is 0 Å². The molecule has 29 heavy (non-hydrogen) atoms. The number of hydrogen-bond donors (Lipinski definition) is 3. The first-order chi connectivity index (χ1) is 13.6. The Morgan fingerprint density at radius 3 is 2.38 bits per heavy atom. The van der Waals surface area contributed by atoms with Crippen LogP contribution in [0.15, 0.2) is 0 Å². The second kappa shape index (κ2) is 10.3. The van der Waals surface area contributed by atoms with Crippen molar-refractivity contribution in [1.29, 1.82) is 0 Å². The van der Waals surface area contributed by atoms with Crippen molar-refractivity contribution in [3.8, 4) is 0 Å². The van der Waals surface area contributed by atoms with E-state index in [1.807, 2.05) is 0 Å². The van der Waals surface area contributed by atoms with Crippen molar-refractivity contribution >= 4 is 35.3 Å². The lowest BCUT2D eigenvalue weighted by molar-refractivity contribution is -0.131. The van der Waals surface area contributed by atoms with Gasteiger partial charge >= 0.3 is 6.09 Å². The Balaban J connectivity index is 2.02. The van der Waals surface area contributed by atoms with Crippen molar-refractivity contribution in [2.75, 3.05) is 12.4 Å². The zero-order chi connectivity index (χ0) is 21.6. The molecule has 1 heterocycles. The molecule has 0 radical (unpaired) electrons. The first-order valence-electron chi connectivity index (χ1n) is 10.3. The second-order valence-electron chi connectivity index (χ2n) is 8.90. The number of ether oxygens (including phenoxy) is 1. The highest BCUT2D eigenvalue weighted by atomic mass is 35.5. The van der Waals surface area contributed by atoms with Crippen molar-refractivity contribution in [1.82, 2.24) is 16.0 Å². The summed E-state index contributed by atoms with van der Waals surface area (Å²) in [4.78, 5) is 49.4. The van der Waals surface area contributed by atoms with E-state index >= 15 is 0 Å². The Hall–Kier alpha value is -1.83. The summed E-state index contributed by atoms with van der Waals surface area (Å²) >= 11 is 5.72. The summed E-state index contributed by atoms with van der Waals surface area (Å²) in [5.74, 6) is -1.15. The van der Waals surface area contributed by atoms with Gasteiger partial charge in [0, 0.05) is 12.5 Å². The third-order valence-electron chi connectivity index (χ3n) is 5.03. The molecule has 1 aliphatic heterocycles. The minimum atomic E-state index is -0.865. The molecular weight excluding hydrogens is 398 g/mol. The molecule has 164 valence electrons. The van der Waals surface area contributed by atoms with Crippen LogP contribution in [0.3, 0.4) is 0 Å². The Morgan fingerprint density at radius 2 is 1.83 bits per heavy atom. The smallest absolute Gasteiger partial charge is 0.408 e.